The van der Waals surface area contributed by atoms with E-state index in [0.29, 0.717) is 5.78 Å². The minimum Gasteiger partial charge on any atom is -0.303 e. The Morgan fingerprint density at radius 1 is 1.08 bits per heavy atom. The number of piperidine rings is 2. The number of Topliss-reactive ketones (excluding diaryl/α,β-unsaturated/α-hetero) is 1. The van der Waals surface area contributed by atoms with Gasteiger partial charge in [-0.2, -0.15) is 0 Å². The van der Waals surface area contributed by atoms with Crippen molar-refractivity contribution in [3.8, 4) is 0 Å². The van der Waals surface area contributed by atoms with Gasteiger partial charge in [0, 0.05) is 7.05 Å². The molecule has 4 fully saturated rings. The lowest BCUT2D eigenvalue weighted by Crippen LogP contribution is -3.48. The second kappa shape index (κ2) is 4.51. The molecule has 132 valence electrons. The van der Waals surface area contributed by atoms with Crippen molar-refractivity contribution in [1.29, 1.82) is 0 Å². The van der Waals surface area contributed by atoms with Crippen LogP contribution in [0.15, 0.2) is 24.3 Å². The minimum absolute atomic E-state index is 0.209. The monoisotopic (exact) mass is 341 g/mol. The van der Waals surface area contributed by atoms with E-state index >= 15 is 0 Å². The maximum absolute atomic E-state index is 13.5. The lowest BCUT2D eigenvalue weighted by molar-refractivity contribution is -1.20. The van der Waals surface area contributed by atoms with Crippen molar-refractivity contribution < 1.29 is 19.4 Å². The molecule has 0 saturated carbocycles. The number of carbonyl (C=O) groups excluding carboxylic acids is 2. The first-order valence-corrected chi connectivity index (χ1v) is 9.52. The maximum atomic E-state index is 13.5. The lowest BCUT2D eigenvalue weighted by Gasteiger charge is -2.62. The third-order valence-corrected chi connectivity index (χ3v) is 7.42. The fourth-order valence-electron chi connectivity index (χ4n) is 6.76. The molecule has 1 aromatic rings. The number of nitrogens with zero attached hydrogens (tertiary/aromatic N) is 1. The summed E-state index contributed by atoms with van der Waals surface area (Å²) in [5, 5.41) is 0. The Labute approximate surface area is 148 Å². The van der Waals surface area contributed by atoms with Crippen molar-refractivity contribution in [2.45, 2.75) is 32.4 Å². The van der Waals surface area contributed by atoms with Gasteiger partial charge < -0.3 is 4.90 Å². The number of likely N-dealkylation sites (N-methyl/N-ethyl adjacent to an activating group) is 1. The van der Waals surface area contributed by atoms with E-state index in [1.54, 1.807) is 0 Å². The van der Waals surface area contributed by atoms with E-state index in [1.807, 2.05) is 24.1 Å². The van der Waals surface area contributed by atoms with Crippen LogP contribution >= 0.6 is 0 Å². The van der Waals surface area contributed by atoms with Gasteiger partial charge in [0.25, 0.3) is 0 Å². The highest BCUT2D eigenvalue weighted by atomic mass is 16.2. The molecule has 2 N–H and O–H groups in total. The SMILES string of the molecule is CCCC12C[NH+]3CC(C)(C[NH+](C1)C31C(=O)N(C)c3ccccc31)C2=O. The van der Waals surface area contributed by atoms with E-state index in [-0.39, 0.29) is 16.7 Å². The van der Waals surface area contributed by atoms with Crippen LogP contribution in [0.4, 0.5) is 5.69 Å². The number of quaternary nitrogens is 2. The number of ketones is 1. The van der Waals surface area contributed by atoms with Gasteiger partial charge in [0.1, 0.15) is 42.6 Å². The fraction of sp³-hybridized carbons (Fsp3) is 0.600. The number of hydrogen-bond acceptors (Lipinski definition) is 2. The number of carbonyl (C=O) groups is 2. The Kier molecular flexibility index (Phi) is 2.80. The number of anilines is 1. The summed E-state index contributed by atoms with van der Waals surface area (Å²) in [5.41, 5.74) is 1.16. The Hall–Kier alpha value is -1.72. The van der Waals surface area contributed by atoms with Crippen molar-refractivity contribution in [3.05, 3.63) is 29.8 Å². The molecule has 4 bridgehead atoms. The second-order valence-electron chi connectivity index (χ2n) is 8.97. The Bertz CT molecular complexity index is 786. The van der Waals surface area contributed by atoms with Crippen LogP contribution in [-0.4, -0.2) is 44.9 Å². The van der Waals surface area contributed by atoms with Gasteiger partial charge in [-0.15, -0.1) is 0 Å². The molecule has 1 amide bonds. The molecule has 1 spiro atoms. The first-order valence-electron chi connectivity index (χ1n) is 9.52. The Balaban J connectivity index is 1.71. The molecular formula is C20H27N3O2+2. The average Bonchev–Trinajstić information content (AvgIpc) is 2.79. The highest BCUT2D eigenvalue weighted by Gasteiger charge is 2.79. The summed E-state index contributed by atoms with van der Waals surface area (Å²) in [6.07, 6.45) is 1.98. The number of rotatable bonds is 2. The molecule has 25 heavy (non-hydrogen) atoms. The summed E-state index contributed by atoms with van der Waals surface area (Å²) >= 11 is 0. The molecule has 5 heteroatoms. The summed E-state index contributed by atoms with van der Waals surface area (Å²) in [4.78, 5) is 31.3. The van der Waals surface area contributed by atoms with E-state index in [1.165, 1.54) is 9.80 Å². The van der Waals surface area contributed by atoms with Crippen molar-refractivity contribution >= 4 is 17.4 Å². The van der Waals surface area contributed by atoms with Crippen LogP contribution in [0, 0.1) is 10.8 Å². The molecule has 0 aliphatic carbocycles. The van der Waals surface area contributed by atoms with Crippen molar-refractivity contribution in [3.63, 3.8) is 0 Å². The highest BCUT2D eigenvalue weighted by molar-refractivity contribution is 6.05. The number of fused-ring (bicyclic) bond motifs is 1. The zero-order valence-electron chi connectivity index (χ0n) is 15.3. The van der Waals surface area contributed by atoms with Crippen LogP contribution in [0.25, 0.3) is 0 Å². The van der Waals surface area contributed by atoms with E-state index in [2.05, 4.69) is 26.0 Å². The van der Waals surface area contributed by atoms with Gasteiger partial charge in [0.15, 0.2) is 5.78 Å². The first kappa shape index (κ1) is 15.5. The lowest BCUT2D eigenvalue weighted by atomic mass is 9.58. The van der Waals surface area contributed by atoms with E-state index in [9.17, 15) is 9.59 Å². The average molecular weight is 341 g/mol. The minimum atomic E-state index is -0.539. The molecule has 4 saturated heterocycles. The van der Waals surface area contributed by atoms with Crippen LogP contribution in [-0.2, 0) is 15.3 Å². The molecule has 5 aliphatic rings. The van der Waals surface area contributed by atoms with Crippen molar-refractivity contribution in [2.24, 2.45) is 10.8 Å². The number of amides is 1. The third kappa shape index (κ3) is 1.53. The molecule has 6 rings (SSSR count). The van der Waals surface area contributed by atoms with Crippen LogP contribution in [0.2, 0.25) is 0 Å². The topological polar surface area (TPSA) is 46.3 Å². The van der Waals surface area contributed by atoms with E-state index < -0.39 is 5.66 Å². The zero-order chi connectivity index (χ0) is 17.6. The van der Waals surface area contributed by atoms with Crippen LogP contribution in [0.5, 0.6) is 0 Å². The largest absolute Gasteiger partial charge is 0.353 e. The van der Waals surface area contributed by atoms with E-state index in [4.69, 9.17) is 0 Å². The first-order chi connectivity index (χ1) is 11.9. The number of nitrogens with one attached hydrogen (secondary N) is 2. The van der Waals surface area contributed by atoms with Gasteiger partial charge in [0.2, 0.25) is 0 Å². The zero-order valence-corrected chi connectivity index (χ0v) is 15.3. The predicted octanol–water partition coefficient (Wildman–Crippen LogP) is -1.01. The molecule has 5 aliphatic heterocycles. The van der Waals surface area contributed by atoms with Gasteiger partial charge >= 0.3 is 11.6 Å². The van der Waals surface area contributed by atoms with Gasteiger partial charge in [0.05, 0.1) is 5.69 Å². The molecule has 1 aromatic carbocycles. The van der Waals surface area contributed by atoms with Crippen molar-refractivity contribution in [1.82, 2.24) is 0 Å². The Morgan fingerprint density at radius 3 is 2.36 bits per heavy atom. The smallest absolute Gasteiger partial charge is 0.303 e. The van der Waals surface area contributed by atoms with Gasteiger partial charge in [-0.3, -0.25) is 19.4 Å². The molecule has 0 radical (unpaired) electrons. The van der Waals surface area contributed by atoms with Crippen LogP contribution in [0.3, 0.4) is 0 Å². The molecule has 0 aromatic heterocycles. The van der Waals surface area contributed by atoms with Crippen LogP contribution < -0.4 is 14.7 Å². The number of para-hydroxylation sites is 1. The molecule has 5 heterocycles. The summed E-state index contributed by atoms with van der Waals surface area (Å²) in [6.45, 7) is 7.51. The second-order valence-corrected chi connectivity index (χ2v) is 8.97. The molecular weight excluding hydrogens is 314 g/mol. The number of hydrogen-bond donors (Lipinski definition) is 2. The summed E-state index contributed by atoms with van der Waals surface area (Å²) in [7, 11) is 1.90. The fourth-order valence-corrected chi connectivity index (χ4v) is 6.76. The maximum Gasteiger partial charge on any atom is 0.353 e. The Morgan fingerprint density at radius 2 is 1.72 bits per heavy atom. The third-order valence-electron chi connectivity index (χ3n) is 7.42. The van der Waals surface area contributed by atoms with Crippen LogP contribution in [0.1, 0.15) is 32.3 Å². The van der Waals surface area contributed by atoms with Gasteiger partial charge in [-0.25, -0.2) is 0 Å². The number of benzene rings is 1. The highest BCUT2D eigenvalue weighted by Crippen LogP contribution is 2.44. The molecule has 5 nitrogen and oxygen atoms in total. The van der Waals surface area contributed by atoms with E-state index in [0.717, 1.165) is 50.3 Å². The standard InChI is InChI=1S/C20H25N3O2/c1-4-9-19-12-22-10-18(2,16(19)24)11-23(13-19)20(22)14-7-5-6-8-15(14)21(3)17(20)25/h5-8H,4,9-13H2,1-3H3/p+2. The van der Waals surface area contributed by atoms with Gasteiger partial charge in [-0.1, -0.05) is 25.5 Å². The quantitative estimate of drug-likeness (QED) is 0.724. The molecule has 2 atom stereocenters. The summed E-state index contributed by atoms with van der Waals surface area (Å²) in [6, 6.07) is 8.25. The van der Waals surface area contributed by atoms with Gasteiger partial charge in [-0.05, 0) is 25.5 Å². The normalized spacial score (nSPS) is 44.0. The summed E-state index contributed by atoms with van der Waals surface area (Å²) in [5.74, 6) is 0.677. The molecule has 2 unspecified atom stereocenters. The summed E-state index contributed by atoms with van der Waals surface area (Å²) < 4.78 is 0. The predicted molar refractivity (Wildman–Crippen MR) is 93.4 cm³/mol. The van der Waals surface area contributed by atoms with Crippen molar-refractivity contribution in [2.75, 3.05) is 38.1 Å².